The third kappa shape index (κ3) is 2.23. The van der Waals surface area contributed by atoms with Gasteiger partial charge < -0.3 is 9.64 Å². The van der Waals surface area contributed by atoms with Gasteiger partial charge in [-0.15, -0.1) is 0 Å². The number of likely N-dealkylation sites (tertiary alicyclic amines) is 1. The highest BCUT2D eigenvalue weighted by Gasteiger charge is 2.38. The van der Waals surface area contributed by atoms with E-state index in [-0.39, 0.29) is 18.1 Å². The molecule has 2 atom stereocenters. The number of aromatic nitrogens is 2. The minimum Gasteiger partial charge on any atom is -0.368 e. The van der Waals surface area contributed by atoms with E-state index < -0.39 is 0 Å². The molecule has 20 heavy (non-hydrogen) atoms. The molecular weight excluding hydrogens is 278 g/mol. The average Bonchev–Trinajstić information content (AvgIpc) is 3.12. The lowest BCUT2D eigenvalue weighted by Crippen LogP contribution is -2.38. The van der Waals surface area contributed by atoms with E-state index in [1.54, 1.807) is 4.68 Å². The molecule has 2 aliphatic rings. The Morgan fingerprint density at radius 2 is 2.20 bits per heavy atom. The summed E-state index contributed by atoms with van der Waals surface area (Å²) in [5, 5.41) is 5.00. The summed E-state index contributed by atoms with van der Waals surface area (Å²) in [6.07, 6.45) is 3.51. The fourth-order valence-corrected chi connectivity index (χ4v) is 3.61. The molecule has 2 fully saturated rings. The maximum Gasteiger partial charge on any atom is 0.252 e. The molecule has 1 amide bonds. The Kier molecular flexibility index (Phi) is 3.73. The van der Waals surface area contributed by atoms with Crippen molar-refractivity contribution in [2.45, 2.75) is 44.8 Å². The summed E-state index contributed by atoms with van der Waals surface area (Å²) in [5.74, 6) is 0.115. The van der Waals surface area contributed by atoms with Crippen molar-refractivity contribution in [3.8, 4) is 0 Å². The minimum absolute atomic E-state index is 0.0490. The molecule has 0 unspecified atom stereocenters. The standard InChI is InChI=1S/C14H20ClN3O2/c1-9-12(13(15)17(2)16-9)10-5-3-7-18(10)14(19)11-6-4-8-20-11/h10-11H,3-8H2,1-2H3/t10-,11-/m0/s1. The molecule has 3 heterocycles. The van der Waals surface area contributed by atoms with Crippen LogP contribution < -0.4 is 0 Å². The Labute approximate surface area is 123 Å². The first-order valence-electron chi connectivity index (χ1n) is 7.20. The van der Waals surface area contributed by atoms with E-state index in [0.29, 0.717) is 11.8 Å². The number of halogens is 1. The zero-order valence-corrected chi connectivity index (χ0v) is 12.7. The Hall–Kier alpha value is -1.07. The number of amides is 1. The summed E-state index contributed by atoms with van der Waals surface area (Å²) in [6, 6.07) is 0.0490. The maximum atomic E-state index is 12.6. The Balaban J connectivity index is 1.86. The van der Waals surface area contributed by atoms with E-state index in [1.807, 2.05) is 18.9 Å². The van der Waals surface area contributed by atoms with Crippen LogP contribution >= 0.6 is 11.6 Å². The molecule has 0 radical (unpaired) electrons. The third-order valence-electron chi connectivity index (χ3n) is 4.27. The number of hydrogen-bond donors (Lipinski definition) is 0. The number of hydrogen-bond acceptors (Lipinski definition) is 3. The second-order valence-electron chi connectivity index (χ2n) is 5.60. The van der Waals surface area contributed by atoms with E-state index >= 15 is 0 Å². The number of ether oxygens (including phenoxy) is 1. The zero-order chi connectivity index (χ0) is 14.3. The minimum atomic E-state index is -0.258. The summed E-state index contributed by atoms with van der Waals surface area (Å²) in [4.78, 5) is 14.5. The second kappa shape index (κ2) is 5.37. The number of carbonyl (C=O) groups is 1. The monoisotopic (exact) mass is 297 g/mol. The van der Waals surface area contributed by atoms with Gasteiger partial charge in [0.1, 0.15) is 11.3 Å². The molecule has 1 aromatic rings. The van der Waals surface area contributed by atoms with Crippen LogP contribution in [0.2, 0.25) is 5.15 Å². The highest BCUT2D eigenvalue weighted by atomic mass is 35.5. The van der Waals surface area contributed by atoms with Gasteiger partial charge in [0, 0.05) is 25.8 Å². The van der Waals surface area contributed by atoms with Crippen molar-refractivity contribution in [1.82, 2.24) is 14.7 Å². The molecule has 1 aromatic heterocycles. The normalized spacial score (nSPS) is 26.4. The SMILES string of the molecule is Cc1nn(C)c(Cl)c1[C@@H]1CCCN1C(=O)[C@@H]1CCCO1. The molecule has 3 rings (SSSR count). The van der Waals surface area contributed by atoms with Gasteiger partial charge in [0.05, 0.1) is 11.7 Å². The van der Waals surface area contributed by atoms with Gasteiger partial charge in [0.25, 0.3) is 5.91 Å². The van der Waals surface area contributed by atoms with Gasteiger partial charge in [-0.1, -0.05) is 11.6 Å². The highest BCUT2D eigenvalue weighted by molar-refractivity contribution is 6.30. The smallest absolute Gasteiger partial charge is 0.252 e. The molecule has 110 valence electrons. The molecule has 2 aliphatic heterocycles. The Bertz CT molecular complexity index is 523. The largest absolute Gasteiger partial charge is 0.368 e. The van der Waals surface area contributed by atoms with Gasteiger partial charge in [-0.2, -0.15) is 5.10 Å². The average molecular weight is 298 g/mol. The van der Waals surface area contributed by atoms with Crippen LogP contribution in [0, 0.1) is 6.92 Å². The molecule has 0 spiro atoms. The Morgan fingerprint density at radius 1 is 1.40 bits per heavy atom. The predicted octanol–water partition coefficient (Wildman–Crippen LogP) is 2.22. The first-order valence-corrected chi connectivity index (χ1v) is 7.58. The molecule has 5 nitrogen and oxygen atoms in total. The number of aryl methyl sites for hydroxylation is 2. The lowest BCUT2D eigenvalue weighted by atomic mass is 10.1. The van der Waals surface area contributed by atoms with Crippen LogP contribution in [-0.4, -0.2) is 39.8 Å². The van der Waals surface area contributed by atoms with Crippen LogP contribution in [0.5, 0.6) is 0 Å². The number of nitrogens with zero attached hydrogens (tertiary/aromatic N) is 3. The highest BCUT2D eigenvalue weighted by Crippen LogP contribution is 2.38. The van der Waals surface area contributed by atoms with Crippen molar-refractivity contribution >= 4 is 17.5 Å². The lowest BCUT2D eigenvalue weighted by Gasteiger charge is -2.27. The molecule has 0 aromatic carbocycles. The molecule has 0 aliphatic carbocycles. The quantitative estimate of drug-likeness (QED) is 0.841. The Morgan fingerprint density at radius 3 is 2.80 bits per heavy atom. The molecule has 2 saturated heterocycles. The van der Waals surface area contributed by atoms with Gasteiger partial charge in [-0.25, -0.2) is 0 Å². The van der Waals surface area contributed by atoms with E-state index in [4.69, 9.17) is 16.3 Å². The van der Waals surface area contributed by atoms with E-state index in [9.17, 15) is 4.79 Å². The fourth-order valence-electron chi connectivity index (χ4n) is 3.31. The van der Waals surface area contributed by atoms with Crippen molar-refractivity contribution < 1.29 is 9.53 Å². The van der Waals surface area contributed by atoms with Crippen LogP contribution in [-0.2, 0) is 16.6 Å². The van der Waals surface area contributed by atoms with E-state index in [0.717, 1.165) is 43.5 Å². The second-order valence-corrected chi connectivity index (χ2v) is 5.96. The number of carbonyl (C=O) groups excluding carboxylic acids is 1. The van der Waals surface area contributed by atoms with E-state index in [1.165, 1.54) is 0 Å². The number of rotatable bonds is 2. The van der Waals surface area contributed by atoms with Gasteiger partial charge in [0.15, 0.2) is 0 Å². The van der Waals surface area contributed by atoms with Gasteiger partial charge in [0.2, 0.25) is 0 Å². The fraction of sp³-hybridized carbons (Fsp3) is 0.714. The van der Waals surface area contributed by atoms with Gasteiger partial charge in [-0.05, 0) is 32.6 Å². The van der Waals surface area contributed by atoms with Gasteiger partial charge >= 0.3 is 0 Å². The molecule has 6 heteroatoms. The van der Waals surface area contributed by atoms with Gasteiger partial charge in [-0.3, -0.25) is 9.48 Å². The van der Waals surface area contributed by atoms with Crippen LogP contribution in [0.3, 0.4) is 0 Å². The summed E-state index contributed by atoms with van der Waals surface area (Å²) in [7, 11) is 1.83. The molecular formula is C14H20ClN3O2. The van der Waals surface area contributed by atoms with Crippen LogP contribution in [0.1, 0.15) is 43.0 Å². The summed E-state index contributed by atoms with van der Waals surface area (Å²) in [6.45, 7) is 3.43. The van der Waals surface area contributed by atoms with Crippen molar-refractivity contribution in [1.29, 1.82) is 0 Å². The zero-order valence-electron chi connectivity index (χ0n) is 11.9. The summed E-state index contributed by atoms with van der Waals surface area (Å²) < 4.78 is 7.21. The molecule has 0 saturated carbocycles. The van der Waals surface area contributed by atoms with Crippen LogP contribution in [0.25, 0.3) is 0 Å². The maximum absolute atomic E-state index is 12.6. The first kappa shape index (κ1) is 13.9. The van der Waals surface area contributed by atoms with Crippen LogP contribution in [0.4, 0.5) is 0 Å². The van der Waals surface area contributed by atoms with Crippen molar-refractivity contribution in [3.05, 3.63) is 16.4 Å². The van der Waals surface area contributed by atoms with E-state index in [2.05, 4.69) is 5.10 Å². The van der Waals surface area contributed by atoms with Crippen molar-refractivity contribution in [2.24, 2.45) is 7.05 Å². The third-order valence-corrected chi connectivity index (χ3v) is 4.72. The van der Waals surface area contributed by atoms with Crippen LogP contribution in [0.15, 0.2) is 0 Å². The summed E-state index contributed by atoms with van der Waals surface area (Å²) in [5.41, 5.74) is 1.91. The first-order chi connectivity index (χ1) is 9.59. The predicted molar refractivity (Wildman–Crippen MR) is 75.6 cm³/mol. The molecule has 0 N–H and O–H groups in total. The lowest BCUT2D eigenvalue weighted by molar-refractivity contribution is -0.141. The van der Waals surface area contributed by atoms with Crippen molar-refractivity contribution in [3.63, 3.8) is 0 Å². The topological polar surface area (TPSA) is 47.4 Å². The summed E-state index contributed by atoms with van der Waals surface area (Å²) >= 11 is 6.36. The van der Waals surface area contributed by atoms with Crippen molar-refractivity contribution in [2.75, 3.05) is 13.2 Å². The molecule has 0 bridgehead atoms.